The highest BCUT2D eigenvalue weighted by Crippen LogP contribution is 2.33. The molecule has 4 nitrogen and oxygen atoms in total. The first kappa shape index (κ1) is 21.1. The van der Waals surface area contributed by atoms with E-state index in [9.17, 15) is 4.79 Å². The second-order valence-corrected chi connectivity index (χ2v) is 8.52. The highest BCUT2D eigenvalue weighted by Gasteiger charge is 2.22. The van der Waals surface area contributed by atoms with Gasteiger partial charge in [-0.05, 0) is 42.4 Å². The zero-order valence-corrected chi connectivity index (χ0v) is 18.6. The number of benzene rings is 3. The summed E-state index contributed by atoms with van der Waals surface area (Å²) in [6.45, 7) is 0. The standard InChI is InChI=1S/C29H27N3O/c33-27(17-9-14-21-10-3-1-4-11-21)32-29-26(20-22-12-5-2-6-13-22)30-28-24-16-8-7-15-23(24)18-19-25(28)31-29/h1-8,10-13,15-16H,9,14,17-20H2,(H,31,32,33). The molecule has 1 amide bonds. The van der Waals surface area contributed by atoms with Crippen LogP contribution in [0.1, 0.15) is 40.9 Å². The molecule has 0 saturated heterocycles. The number of aromatic nitrogens is 2. The minimum absolute atomic E-state index is 0.00861. The molecule has 1 heterocycles. The molecule has 0 atom stereocenters. The summed E-state index contributed by atoms with van der Waals surface area (Å²) in [7, 11) is 0. The Balaban J connectivity index is 1.39. The number of hydrogen-bond donors (Lipinski definition) is 1. The number of amides is 1. The van der Waals surface area contributed by atoms with Gasteiger partial charge in [-0.3, -0.25) is 4.79 Å². The van der Waals surface area contributed by atoms with E-state index in [0.717, 1.165) is 53.9 Å². The van der Waals surface area contributed by atoms with Crippen LogP contribution in [0.15, 0.2) is 84.9 Å². The van der Waals surface area contributed by atoms with Crippen LogP contribution >= 0.6 is 0 Å². The number of rotatable bonds is 7. The minimum atomic E-state index is -0.00861. The Morgan fingerprint density at radius 2 is 1.48 bits per heavy atom. The van der Waals surface area contributed by atoms with Crippen LogP contribution in [0.2, 0.25) is 0 Å². The van der Waals surface area contributed by atoms with Crippen molar-refractivity contribution in [2.24, 2.45) is 0 Å². The van der Waals surface area contributed by atoms with E-state index in [-0.39, 0.29) is 5.91 Å². The molecule has 1 N–H and O–H groups in total. The van der Waals surface area contributed by atoms with Crippen molar-refractivity contribution in [3.8, 4) is 11.3 Å². The van der Waals surface area contributed by atoms with Crippen molar-refractivity contribution < 1.29 is 4.79 Å². The molecule has 5 rings (SSSR count). The molecule has 3 aromatic carbocycles. The summed E-state index contributed by atoms with van der Waals surface area (Å²) in [5.41, 5.74) is 7.59. The van der Waals surface area contributed by atoms with Gasteiger partial charge in [-0.25, -0.2) is 9.97 Å². The van der Waals surface area contributed by atoms with Gasteiger partial charge in [-0.15, -0.1) is 0 Å². The van der Waals surface area contributed by atoms with Gasteiger partial charge in [0.2, 0.25) is 5.91 Å². The molecular formula is C29H27N3O. The normalized spacial score (nSPS) is 12.0. The summed E-state index contributed by atoms with van der Waals surface area (Å²) >= 11 is 0. The summed E-state index contributed by atoms with van der Waals surface area (Å²) in [4.78, 5) is 22.8. The molecule has 33 heavy (non-hydrogen) atoms. The maximum absolute atomic E-state index is 12.8. The Kier molecular flexibility index (Phi) is 6.25. The lowest BCUT2D eigenvalue weighted by molar-refractivity contribution is -0.116. The van der Waals surface area contributed by atoms with E-state index in [0.29, 0.717) is 18.7 Å². The monoisotopic (exact) mass is 433 g/mol. The van der Waals surface area contributed by atoms with Crippen molar-refractivity contribution in [3.05, 3.63) is 113 Å². The van der Waals surface area contributed by atoms with Gasteiger partial charge in [0.15, 0.2) is 5.82 Å². The molecule has 0 unspecified atom stereocenters. The Labute approximate surface area is 194 Å². The Bertz CT molecular complexity index is 1250. The fraction of sp³-hybridized carbons (Fsp3) is 0.207. The molecule has 4 aromatic rings. The van der Waals surface area contributed by atoms with E-state index in [1.165, 1.54) is 11.1 Å². The van der Waals surface area contributed by atoms with Gasteiger partial charge in [0.1, 0.15) is 0 Å². The predicted octanol–water partition coefficient (Wildman–Crippen LogP) is 5.79. The smallest absolute Gasteiger partial charge is 0.225 e. The molecule has 0 spiro atoms. The van der Waals surface area contributed by atoms with Crippen LogP contribution in [0.4, 0.5) is 5.82 Å². The van der Waals surface area contributed by atoms with Crippen molar-refractivity contribution in [1.29, 1.82) is 0 Å². The maximum Gasteiger partial charge on any atom is 0.225 e. The quantitative estimate of drug-likeness (QED) is 0.401. The van der Waals surface area contributed by atoms with Gasteiger partial charge in [0.05, 0.1) is 17.1 Å². The Morgan fingerprint density at radius 1 is 0.788 bits per heavy atom. The maximum atomic E-state index is 12.8. The van der Waals surface area contributed by atoms with E-state index < -0.39 is 0 Å². The van der Waals surface area contributed by atoms with E-state index >= 15 is 0 Å². The van der Waals surface area contributed by atoms with E-state index in [4.69, 9.17) is 9.97 Å². The van der Waals surface area contributed by atoms with Gasteiger partial charge in [-0.2, -0.15) is 0 Å². The number of nitrogens with zero attached hydrogens (tertiary/aromatic N) is 2. The van der Waals surface area contributed by atoms with Crippen LogP contribution in [0, 0.1) is 0 Å². The summed E-state index contributed by atoms with van der Waals surface area (Å²) in [5, 5.41) is 3.08. The fourth-order valence-electron chi connectivity index (χ4n) is 4.42. The lowest BCUT2D eigenvalue weighted by atomic mass is 9.91. The van der Waals surface area contributed by atoms with E-state index in [2.05, 4.69) is 53.8 Å². The van der Waals surface area contributed by atoms with Crippen LogP contribution in [-0.4, -0.2) is 15.9 Å². The topological polar surface area (TPSA) is 54.9 Å². The minimum Gasteiger partial charge on any atom is -0.309 e. The first-order valence-corrected chi connectivity index (χ1v) is 11.6. The van der Waals surface area contributed by atoms with Crippen molar-refractivity contribution in [3.63, 3.8) is 0 Å². The van der Waals surface area contributed by atoms with Gasteiger partial charge in [-0.1, -0.05) is 84.9 Å². The van der Waals surface area contributed by atoms with Gasteiger partial charge in [0.25, 0.3) is 0 Å². The lowest BCUT2D eigenvalue weighted by Gasteiger charge is -2.21. The van der Waals surface area contributed by atoms with Crippen LogP contribution in [0.5, 0.6) is 0 Å². The molecular weight excluding hydrogens is 406 g/mol. The van der Waals surface area contributed by atoms with Gasteiger partial charge >= 0.3 is 0 Å². The first-order valence-electron chi connectivity index (χ1n) is 11.6. The second-order valence-electron chi connectivity index (χ2n) is 8.52. The van der Waals surface area contributed by atoms with Crippen LogP contribution < -0.4 is 5.32 Å². The van der Waals surface area contributed by atoms with Crippen LogP contribution in [-0.2, 0) is 30.5 Å². The number of carbonyl (C=O) groups is 1. The summed E-state index contributed by atoms with van der Waals surface area (Å²) in [6.07, 6.45) is 4.56. The second kappa shape index (κ2) is 9.78. The third-order valence-corrected chi connectivity index (χ3v) is 6.13. The molecule has 1 aliphatic carbocycles. The highest BCUT2D eigenvalue weighted by atomic mass is 16.1. The molecule has 0 bridgehead atoms. The largest absolute Gasteiger partial charge is 0.309 e. The summed E-state index contributed by atoms with van der Waals surface area (Å²) in [5.74, 6) is 0.590. The van der Waals surface area contributed by atoms with Crippen molar-refractivity contribution in [2.45, 2.75) is 38.5 Å². The number of hydrogen-bond acceptors (Lipinski definition) is 3. The average molecular weight is 434 g/mol. The number of carbonyl (C=O) groups excluding carboxylic acids is 1. The number of aryl methyl sites for hydroxylation is 3. The fourth-order valence-corrected chi connectivity index (χ4v) is 4.42. The predicted molar refractivity (Wildman–Crippen MR) is 132 cm³/mol. The molecule has 0 radical (unpaired) electrons. The number of anilines is 1. The zero-order valence-electron chi connectivity index (χ0n) is 18.6. The first-order chi connectivity index (χ1) is 16.3. The van der Waals surface area contributed by atoms with Crippen molar-refractivity contribution in [2.75, 3.05) is 5.32 Å². The summed E-state index contributed by atoms with van der Waals surface area (Å²) in [6, 6.07) is 28.9. The molecule has 0 aliphatic heterocycles. The number of fused-ring (bicyclic) bond motifs is 3. The molecule has 1 aliphatic rings. The van der Waals surface area contributed by atoms with Gasteiger partial charge in [0, 0.05) is 18.4 Å². The van der Waals surface area contributed by atoms with Gasteiger partial charge < -0.3 is 5.32 Å². The molecule has 0 fully saturated rings. The molecule has 1 aromatic heterocycles. The molecule has 0 saturated carbocycles. The third kappa shape index (κ3) is 5.01. The van der Waals surface area contributed by atoms with E-state index in [1.807, 2.05) is 36.4 Å². The van der Waals surface area contributed by atoms with E-state index in [1.54, 1.807) is 0 Å². The Hall–Kier alpha value is -3.79. The lowest BCUT2D eigenvalue weighted by Crippen LogP contribution is -2.18. The van der Waals surface area contributed by atoms with Crippen LogP contribution in [0.3, 0.4) is 0 Å². The third-order valence-electron chi connectivity index (χ3n) is 6.13. The van der Waals surface area contributed by atoms with Crippen molar-refractivity contribution in [1.82, 2.24) is 9.97 Å². The van der Waals surface area contributed by atoms with Crippen LogP contribution in [0.25, 0.3) is 11.3 Å². The Morgan fingerprint density at radius 3 is 2.27 bits per heavy atom. The summed E-state index contributed by atoms with van der Waals surface area (Å²) < 4.78 is 0. The molecule has 164 valence electrons. The zero-order chi connectivity index (χ0) is 22.5. The SMILES string of the molecule is O=C(CCCc1ccccc1)Nc1nc2c(nc1Cc1ccccc1)-c1ccccc1CC2. The highest BCUT2D eigenvalue weighted by molar-refractivity contribution is 5.90. The number of nitrogens with one attached hydrogen (secondary N) is 1. The van der Waals surface area contributed by atoms with Crippen molar-refractivity contribution >= 4 is 11.7 Å². The molecule has 4 heteroatoms. The average Bonchev–Trinajstić information content (AvgIpc) is 2.86.